The van der Waals surface area contributed by atoms with Gasteiger partial charge in [0.25, 0.3) is 0 Å². The number of nitrogens with zero attached hydrogens (tertiary/aromatic N) is 3. The van der Waals surface area contributed by atoms with E-state index in [0.717, 1.165) is 11.3 Å². The molecule has 1 aromatic heterocycles. The Bertz CT molecular complexity index is 596. The first-order chi connectivity index (χ1) is 9.08. The number of anilines is 2. The predicted molar refractivity (Wildman–Crippen MR) is 75.9 cm³/mol. The third-order valence-electron chi connectivity index (χ3n) is 2.65. The number of nitrogens with one attached hydrogen (secondary N) is 1. The van der Waals surface area contributed by atoms with Crippen LogP contribution in [0.3, 0.4) is 0 Å². The first kappa shape index (κ1) is 13.4. The van der Waals surface area contributed by atoms with Crippen LogP contribution in [0.25, 0.3) is 0 Å². The van der Waals surface area contributed by atoms with Crippen molar-refractivity contribution in [2.75, 3.05) is 16.8 Å². The first-order valence-electron chi connectivity index (χ1n) is 5.69. The van der Waals surface area contributed by atoms with Crippen molar-refractivity contribution >= 4 is 29.0 Å². The summed E-state index contributed by atoms with van der Waals surface area (Å²) in [5.41, 5.74) is 8.07. The normalized spacial score (nSPS) is 10.4. The number of hydrogen-bond acceptors (Lipinski definition) is 5. The molecule has 1 aromatic carbocycles. The summed E-state index contributed by atoms with van der Waals surface area (Å²) < 4.78 is 1.63. The fraction of sp³-hybridized carbons (Fsp3) is 0.250. The van der Waals surface area contributed by atoms with Crippen LogP contribution in [0.2, 0.25) is 0 Å². The van der Waals surface area contributed by atoms with Crippen molar-refractivity contribution in [3.8, 4) is 0 Å². The van der Waals surface area contributed by atoms with Gasteiger partial charge in [0.15, 0.2) is 5.16 Å². The van der Waals surface area contributed by atoms with Gasteiger partial charge in [-0.1, -0.05) is 17.8 Å². The second-order valence-electron chi connectivity index (χ2n) is 4.02. The van der Waals surface area contributed by atoms with Gasteiger partial charge < -0.3 is 11.1 Å². The Labute approximate surface area is 115 Å². The molecule has 0 unspecified atom stereocenters. The summed E-state index contributed by atoms with van der Waals surface area (Å²) in [7, 11) is 1.79. The van der Waals surface area contributed by atoms with E-state index in [2.05, 4.69) is 15.4 Å². The number of nitrogen functional groups attached to an aromatic ring is 1. The van der Waals surface area contributed by atoms with E-state index in [0.29, 0.717) is 10.8 Å². The monoisotopic (exact) mass is 277 g/mol. The Morgan fingerprint density at radius 2 is 2.32 bits per heavy atom. The number of benzene rings is 1. The van der Waals surface area contributed by atoms with E-state index >= 15 is 0 Å². The summed E-state index contributed by atoms with van der Waals surface area (Å²) >= 11 is 1.34. The summed E-state index contributed by atoms with van der Waals surface area (Å²) in [4.78, 5) is 15.9. The maximum Gasteiger partial charge on any atom is 0.234 e. The lowest BCUT2D eigenvalue weighted by Crippen LogP contribution is -2.15. The van der Waals surface area contributed by atoms with Crippen molar-refractivity contribution in [2.24, 2.45) is 7.05 Å². The maximum atomic E-state index is 11.9. The number of carbonyl (C=O) groups excluding carboxylic acids is 1. The highest BCUT2D eigenvalue weighted by Crippen LogP contribution is 2.21. The number of thioether (sulfide) groups is 1. The molecule has 0 bridgehead atoms. The third-order valence-corrected chi connectivity index (χ3v) is 3.69. The summed E-state index contributed by atoms with van der Waals surface area (Å²) in [6.07, 6.45) is 1.46. The van der Waals surface area contributed by atoms with E-state index in [4.69, 9.17) is 5.73 Å². The average molecular weight is 277 g/mol. The summed E-state index contributed by atoms with van der Waals surface area (Å²) in [5, 5.41) is 7.48. The van der Waals surface area contributed by atoms with E-state index in [-0.39, 0.29) is 11.7 Å². The SMILES string of the molecule is Cc1c(N)cccc1NC(=O)CSc1ncnn1C. The summed E-state index contributed by atoms with van der Waals surface area (Å²) in [6, 6.07) is 5.45. The number of hydrogen-bond donors (Lipinski definition) is 2. The molecule has 0 aliphatic rings. The lowest BCUT2D eigenvalue weighted by Gasteiger charge is -2.09. The van der Waals surface area contributed by atoms with Gasteiger partial charge in [-0.15, -0.1) is 0 Å². The molecule has 0 spiro atoms. The van der Waals surface area contributed by atoms with Crippen molar-refractivity contribution in [1.82, 2.24) is 14.8 Å². The van der Waals surface area contributed by atoms with Crippen molar-refractivity contribution in [1.29, 1.82) is 0 Å². The van der Waals surface area contributed by atoms with E-state index in [9.17, 15) is 4.79 Å². The minimum absolute atomic E-state index is 0.0956. The molecule has 1 amide bonds. The molecule has 0 fully saturated rings. The van der Waals surface area contributed by atoms with Gasteiger partial charge >= 0.3 is 0 Å². The first-order valence-corrected chi connectivity index (χ1v) is 6.68. The van der Waals surface area contributed by atoms with Crippen molar-refractivity contribution in [3.05, 3.63) is 30.1 Å². The van der Waals surface area contributed by atoms with Gasteiger partial charge in [-0.05, 0) is 24.6 Å². The van der Waals surface area contributed by atoms with Crippen molar-refractivity contribution in [2.45, 2.75) is 12.1 Å². The molecule has 7 heteroatoms. The lowest BCUT2D eigenvalue weighted by atomic mass is 10.1. The topological polar surface area (TPSA) is 85.8 Å². The van der Waals surface area contributed by atoms with Crippen LogP contribution < -0.4 is 11.1 Å². The van der Waals surface area contributed by atoms with Crippen LogP contribution in [-0.2, 0) is 11.8 Å². The Morgan fingerprint density at radius 3 is 3.00 bits per heavy atom. The van der Waals surface area contributed by atoms with E-state index in [1.165, 1.54) is 18.1 Å². The number of aromatic nitrogens is 3. The minimum atomic E-state index is -0.0956. The summed E-state index contributed by atoms with van der Waals surface area (Å²) in [5.74, 6) is 0.183. The van der Waals surface area contributed by atoms with Crippen LogP contribution in [0, 0.1) is 6.92 Å². The second kappa shape index (κ2) is 5.75. The smallest absolute Gasteiger partial charge is 0.234 e. The maximum absolute atomic E-state index is 11.9. The number of rotatable bonds is 4. The number of carbonyl (C=O) groups is 1. The largest absolute Gasteiger partial charge is 0.398 e. The molecule has 0 aliphatic heterocycles. The minimum Gasteiger partial charge on any atom is -0.398 e. The molecule has 0 atom stereocenters. The van der Waals surface area contributed by atoms with Gasteiger partial charge in [0.2, 0.25) is 5.91 Å². The fourth-order valence-corrected chi connectivity index (χ4v) is 2.21. The molecule has 100 valence electrons. The molecule has 2 aromatic rings. The molecule has 6 nitrogen and oxygen atoms in total. The molecule has 1 heterocycles. The Hall–Kier alpha value is -2.02. The molecule has 19 heavy (non-hydrogen) atoms. The van der Waals surface area contributed by atoms with Crippen LogP contribution in [0.5, 0.6) is 0 Å². The van der Waals surface area contributed by atoms with Gasteiger partial charge in [0.05, 0.1) is 5.75 Å². The zero-order valence-electron chi connectivity index (χ0n) is 10.8. The highest BCUT2D eigenvalue weighted by atomic mass is 32.2. The van der Waals surface area contributed by atoms with Crippen LogP contribution in [-0.4, -0.2) is 26.4 Å². The lowest BCUT2D eigenvalue weighted by molar-refractivity contribution is -0.113. The zero-order valence-corrected chi connectivity index (χ0v) is 11.6. The molecule has 0 saturated heterocycles. The molecule has 2 rings (SSSR count). The van der Waals surface area contributed by atoms with Gasteiger partial charge in [-0.2, -0.15) is 5.10 Å². The zero-order chi connectivity index (χ0) is 13.8. The Morgan fingerprint density at radius 1 is 1.53 bits per heavy atom. The third kappa shape index (κ3) is 3.25. The molecule has 0 saturated carbocycles. The van der Waals surface area contributed by atoms with Crippen molar-refractivity contribution < 1.29 is 4.79 Å². The van der Waals surface area contributed by atoms with Crippen LogP contribution in [0.4, 0.5) is 11.4 Å². The number of aryl methyl sites for hydroxylation is 1. The van der Waals surface area contributed by atoms with Crippen LogP contribution in [0.15, 0.2) is 29.7 Å². The molecular weight excluding hydrogens is 262 g/mol. The van der Waals surface area contributed by atoms with Gasteiger partial charge in [0, 0.05) is 18.4 Å². The Balaban J connectivity index is 1.95. The molecule has 3 N–H and O–H groups in total. The average Bonchev–Trinajstić information content (AvgIpc) is 2.78. The second-order valence-corrected chi connectivity index (χ2v) is 4.97. The standard InChI is InChI=1S/C12H15N5OS/c1-8-9(13)4-3-5-10(8)16-11(18)6-19-12-14-7-15-17(12)2/h3-5,7H,6,13H2,1-2H3,(H,16,18). The van der Waals surface area contributed by atoms with E-state index in [1.807, 2.05) is 19.1 Å². The highest BCUT2D eigenvalue weighted by molar-refractivity contribution is 7.99. The summed E-state index contributed by atoms with van der Waals surface area (Å²) in [6.45, 7) is 1.88. The van der Waals surface area contributed by atoms with Gasteiger partial charge in [-0.3, -0.25) is 4.79 Å². The van der Waals surface area contributed by atoms with Gasteiger partial charge in [-0.25, -0.2) is 9.67 Å². The van der Waals surface area contributed by atoms with Crippen LogP contribution in [0.1, 0.15) is 5.56 Å². The molecular formula is C12H15N5OS. The fourth-order valence-electron chi connectivity index (χ4n) is 1.52. The quantitative estimate of drug-likeness (QED) is 0.652. The Kier molecular flexibility index (Phi) is 4.06. The molecule has 0 radical (unpaired) electrons. The molecule has 0 aliphatic carbocycles. The van der Waals surface area contributed by atoms with E-state index in [1.54, 1.807) is 17.8 Å². The van der Waals surface area contributed by atoms with Crippen molar-refractivity contribution in [3.63, 3.8) is 0 Å². The predicted octanol–water partition coefficient (Wildman–Crippen LogP) is 1.44. The van der Waals surface area contributed by atoms with E-state index < -0.39 is 0 Å². The highest BCUT2D eigenvalue weighted by Gasteiger charge is 2.09. The number of amides is 1. The number of nitrogens with two attached hydrogens (primary N) is 1. The van der Waals surface area contributed by atoms with Crippen LogP contribution >= 0.6 is 11.8 Å². The van der Waals surface area contributed by atoms with Gasteiger partial charge in [0.1, 0.15) is 6.33 Å².